The lowest BCUT2D eigenvalue weighted by molar-refractivity contribution is -0.119. The summed E-state index contributed by atoms with van der Waals surface area (Å²) >= 11 is 0. The number of hydrogen-bond acceptors (Lipinski definition) is 5. The third-order valence-electron chi connectivity index (χ3n) is 6.97. The van der Waals surface area contributed by atoms with Crippen molar-refractivity contribution in [3.05, 3.63) is 47.5 Å². The zero-order chi connectivity index (χ0) is 25.1. The van der Waals surface area contributed by atoms with Gasteiger partial charge in [-0.25, -0.2) is 4.68 Å². The van der Waals surface area contributed by atoms with Gasteiger partial charge in [0.1, 0.15) is 11.7 Å². The zero-order valence-corrected chi connectivity index (χ0v) is 21.1. The van der Waals surface area contributed by atoms with Gasteiger partial charge in [0.25, 0.3) is 5.91 Å². The standard InChI is InChI=1S/C26H35N7O2/c1-15(2)33-22(14-27-32-33)25(34)29-24(20-8-6-16(3)7-9-20)26(35)28-21-12-10-19(11-13-21)23-17(4)30-31-18(23)5/h10-16,20,24H,6-9H2,1-5H3,(H,28,35)(H,29,34)(H,30,31)/t16?,20?,24-/m0/s1. The molecule has 1 atom stereocenters. The van der Waals surface area contributed by atoms with Crippen molar-refractivity contribution in [1.82, 2.24) is 30.5 Å². The Balaban J connectivity index is 1.52. The highest BCUT2D eigenvalue weighted by molar-refractivity contribution is 6.00. The summed E-state index contributed by atoms with van der Waals surface area (Å²) in [7, 11) is 0. The van der Waals surface area contributed by atoms with Crippen LogP contribution >= 0.6 is 0 Å². The van der Waals surface area contributed by atoms with Crippen LogP contribution in [0.2, 0.25) is 0 Å². The van der Waals surface area contributed by atoms with Crippen molar-refractivity contribution in [2.24, 2.45) is 11.8 Å². The molecule has 1 aliphatic rings. The average Bonchev–Trinajstić information content (AvgIpc) is 3.45. The normalized spacial score (nSPS) is 18.9. The molecule has 1 fully saturated rings. The molecule has 2 aromatic heterocycles. The van der Waals surface area contributed by atoms with Crippen molar-refractivity contribution >= 4 is 17.5 Å². The number of rotatable bonds is 7. The van der Waals surface area contributed by atoms with Crippen molar-refractivity contribution in [3.63, 3.8) is 0 Å². The first-order valence-corrected chi connectivity index (χ1v) is 12.4. The largest absolute Gasteiger partial charge is 0.339 e. The highest BCUT2D eigenvalue weighted by Crippen LogP contribution is 2.31. The topological polar surface area (TPSA) is 118 Å². The number of benzene rings is 1. The lowest BCUT2D eigenvalue weighted by atomic mass is 9.79. The van der Waals surface area contributed by atoms with Gasteiger partial charge in [-0.1, -0.05) is 37.1 Å². The number of anilines is 1. The van der Waals surface area contributed by atoms with Gasteiger partial charge >= 0.3 is 0 Å². The molecule has 9 nitrogen and oxygen atoms in total. The summed E-state index contributed by atoms with van der Waals surface area (Å²) in [5.41, 5.74) is 5.09. The SMILES string of the molecule is Cc1n[nH]c(C)c1-c1ccc(NC(=O)[C@@H](NC(=O)c2cnnn2C(C)C)C2CCC(C)CC2)cc1. The lowest BCUT2D eigenvalue weighted by Crippen LogP contribution is -2.49. The van der Waals surface area contributed by atoms with Gasteiger partial charge in [-0.05, 0) is 70.1 Å². The third kappa shape index (κ3) is 5.44. The molecule has 1 aromatic carbocycles. The average molecular weight is 478 g/mol. The van der Waals surface area contributed by atoms with Crippen LogP contribution in [0.15, 0.2) is 30.5 Å². The minimum atomic E-state index is -0.636. The highest BCUT2D eigenvalue weighted by Gasteiger charge is 2.33. The van der Waals surface area contributed by atoms with Crippen LogP contribution in [-0.4, -0.2) is 43.0 Å². The van der Waals surface area contributed by atoms with Crippen molar-refractivity contribution < 1.29 is 9.59 Å². The first kappa shape index (κ1) is 24.6. The first-order chi connectivity index (χ1) is 16.7. The minimum Gasteiger partial charge on any atom is -0.339 e. The summed E-state index contributed by atoms with van der Waals surface area (Å²) in [6.07, 6.45) is 5.35. The van der Waals surface area contributed by atoms with E-state index in [1.165, 1.54) is 6.20 Å². The van der Waals surface area contributed by atoms with E-state index >= 15 is 0 Å². The van der Waals surface area contributed by atoms with Crippen molar-refractivity contribution in [2.45, 2.75) is 72.4 Å². The molecule has 3 aromatic rings. The molecule has 1 saturated carbocycles. The summed E-state index contributed by atoms with van der Waals surface area (Å²) < 4.78 is 1.58. The fraction of sp³-hybridized carbons (Fsp3) is 0.500. The molecule has 3 N–H and O–H groups in total. The molecule has 2 amide bonds. The summed E-state index contributed by atoms with van der Waals surface area (Å²) in [5.74, 6) is 0.183. The first-order valence-electron chi connectivity index (χ1n) is 12.4. The van der Waals surface area contributed by atoms with Gasteiger partial charge < -0.3 is 10.6 Å². The Morgan fingerprint density at radius 3 is 2.37 bits per heavy atom. The quantitative estimate of drug-likeness (QED) is 0.465. The molecule has 0 spiro atoms. The number of amides is 2. The second-order valence-corrected chi connectivity index (χ2v) is 10.0. The van der Waals surface area contributed by atoms with Crippen LogP contribution < -0.4 is 10.6 Å². The second-order valence-electron chi connectivity index (χ2n) is 10.0. The van der Waals surface area contributed by atoms with Crippen molar-refractivity contribution in [3.8, 4) is 11.1 Å². The van der Waals surface area contributed by atoms with Gasteiger partial charge in [0.15, 0.2) is 0 Å². The Hall–Kier alpha value is -3.49. The second kappa shape index (κ2) is 10.4. The summed E-state index contributed by atoms with van der Waals surface area (Å²) in [6, 6.07) is 7.08. The van der Waals surface area contributed by atoms with E-state index in [0.717, 1.165) is 48.2 Å². The van der Waals surface area contributed by atoms with E-state index in [4.69, 9.17) is 0 Å². The Morgan fingerprint density at radius 1 is 1.09 bits per heavy atom. The fourth-order valence-electron chi connectivity index (χ4n) is 4.94. The van der Waals surface area contributed by atoms with Crippen molar-refractivity contribution in [1.29, 1.82) is 0 Å². The zero-order valence-electron chi connectivity index (χ0n) is 21.1. The van der Waals surface area contributed by atoms with E-state index < -0.39 is 6.04 Å². The molecule has 0 unspecified atom stereocenters. The van der Waals surface area contributed by atoms with Crippen LogP contribution in [0.25, 0.3) is 11.1 Å². The maximum Gasteiger partial charge on any atom is 0.271 e. The highest BCUT2D eigenvalue weighted by atomic mass is 16.2. The van der Waals surface area contributed by atoms with Gasteiger partial charge in [0.2, 0.25) is 5.91 Å². The summed E-state index contributed by atoms with van der Waals surface area (Å²) in [4.78, 5) is 26.6. The van der Waals surface area contributed by atoms with E-state index in [1.807, 2.05) is 52.0 Å². The van der Waals surface area contributed by atoms with Gasteiger partial charge in [-0.3, -0.25) is 14.7 Å². The number of carbonyl (C=O) groups is 2. The minimum absolute atomic E-state index is 0.0120. The van der Waals surface area contributed by atoms with Crippen LogP contribution in [-0.2, 0) is 4.79 Å². The molecule has 1 aliphatic carbocycles. The third-order valence-corrected chi connectivity index (χ3v) is 6.97. The molecule has 9 heteroatoms. The molecular formula is C26H35N7O2. The molecule has 0 aliphatic heterocycles. The lowest BCUT2D eigenvalue weighted by Gasteiger charge is -2.32. The van der Waals surface area contributed by atoms with Crippen LogP contribution in [0, 0.1) is 25.7 Å². The van der Waals surface area contributed by atoms with Crippen LogP contribution in [0.5, 0.6) is 0 Å². The Kier molecular flexibility index (Phi) is 7.33. The number of hydrogen-bond donors (Lipinski definition) is 3. The number of aromatic amines is 1. The molecule has 0 radical (unpaired) electrons. The number of aryl methyl sites for hydroxylation is 2. The predicted molar refractivity (Wildman–Crippen MR) is 135 cm³/mol. The smallest absolute Gasteiger partial charge is 0.271 e. The van der Waals surface area contributed by atoms with Crippen molar-refractivity contribution in [2.75, 3.05) is 5.32 Å². The summed E-state index contributed by atoms with van der Waals surface area (Å²) in [5, 5.41) is 21.2. The Morgan fingerprint density at radius 2 is 1.77 bits per heavy atom. The van der Waals surface area contributed by atoms with E-state index in [2.05, 4.69) is 38.1 Å². The van der Waals surface area contributed by atoms with Gasteiger partial charge in [-0.2, -0.15) is 5.10 Å². The van der Waals surface area contributed by atoms with Crippen LogP contribution in [0.4, 0.5) is 5.69 Å². The fourth-order valence-corrected chi connectivity index (χ4v) is 4.94. The Bertz CT molecular complexity index is 1150. The number of aromatic nitrogens is 5. The summed E-state index contributed by atoms with van der Waals surface area (Å²) in [6.45, 7) is 10.1. The Labute approximate surface area is 206 Å². The molecule has 0 saturated heterocycles. The van der Waals surface area contributed by atoms with Gasteiger partial charge in [-0.15, -0.1) is 5.10 Å². The maximum absolute atomic E-state index is 13.5. The van der Waals surface area contributed by atoms with Gasteiger partial charge in [0, 0.05) is 23.0 Å². The predicted octanol–water partition coefficient (Wildman–Crippen LogP) is 4.43. The van der Waals surface area contributed by atoms with E-state index in [1.54, 1.807) is 4.68 Å². The number of carbonyl (C=O) groups excluding carboxylic acids is 2. The molecule has 2 heterocycles. The number of nitrogens with zero attached hydrogens (tertiary/aromatic N) is 4. The molecule has 0 bridgehead atoms. The van der Waals surface area contributed by atoms with E-state index in [9.17, 15) is 9.59 Å². The van der Waals surface area contributed by atoms with E-state index in [0.29, 0.717) is 17.3 Å². The van der Waals surface area contributed by atoms with Gasteiger partial charge in [0.05, 0.1) is 11.9 Å². The number of nitrogens with one attached hydrogen (secondary N) is 3. The molecule has 35 heavy (non-hydrogen) atoms. The molecule has 4 rings (SSSR count). The monoisotopic (exact) mass is 477 g/mol. The maximum atomic E-state index is 13.5. The molecule has 186 valence electrons. The molecular weight excluding hydrogens is 442 g/mol. The van der Waals surface area contributed by atoms with E-state index in [-0.39, 0.29) is 23.8 Å². The van der Waals surface area contributed by atoms with Crippen LogP contribution in [0.1, 0.15) is 74.4 Å². The number of H-pyrrole nitrogens is 1. The van der Waals surface area contributed by atoms with Crippen LogP contribution in [0.3, 0.4) is 0 Å².